The summed E-state index contributed by atoms with van der Waals surface area (Å²) in [6.45, 7) is 5.95. The molecule has 9 heteroatoms. The third-order valence-corrected chi connectivity index (χ3v) is 4.89. The van der Waals surface area contributed by atoms with Gasteiger partial charge in [0.05, 0.1) is 17.1 Å². The minimum atomic E-state index is -0.574. The Morgan fingerprint density at radius 3 is 1.91 bits per heavy atom. The van der Waals surface area contributed by atoms with E-state index in [1.165, 1.54) is 53.2 Å². The summed E-state index contributed by atoms with van der Waals surface area (Å²) in [5.74, 6) is -1.06. The quantitative estimate of drug-likeness (QED) is 0.505. The average molecular weight is 449 g/mol. The van der Waals surface area contributed by atoms with Gasteiger partial charge in [0.15, 0.2) is 0 Å². The molecule has 0 aliphatic carbocycles. The number of benzene rings is 2. The first-order valence-corrected chi connectivity index (χ1v) is 10.2. The minimum Gasteiger partial charge on any atom is -0.305 e. The topological polar surface area (TPSA) is 81.8 Å². The van der Waals surface area contributed by atoms with E-state index in [4.69, 9.17) is 0 Å². The van der Waals surface area contributed by atoms with Crippen LogP contribution in [0, 0.1) is 11.6 Å². The lowest BCUT2D eigenvalue weighted by molar-refractivity contribution is 0.102. The van der Waals surface area contributed by atoms with Crippen molar-refractivity contribution in [2.75, 3.05) is 5.32 Å². The maximum absolute atomic E-state index is 13.4. The summed E-state index contributed by atoms with van der Waals surface area (Å²) in [5.41, 5.74) is 0.798. The molecule has 0 saturated carbocycles. The summed E-state index contributed by atoms with van der Waals surface area (Å²) in [7, 11) is 0. The maximum atomic E-state index is 13.4. The molecule has 4 rings (SSSR count). The van der Waals surface area contributed by atoms with Crippen molar-refractivity contribution in [1.29, 1.82) is 0 Å². The van der Waals surface area contributed by atoms with Crippen LogP contribution < -0.4 is 10.9 Å². The van der Waals surface area contributed by atoms with E-state index in [0.717, 1.165) is 4.68 Å². The number of nitrogens with zero attached hydrogens (tertiary/aromatic N) is 4. The summed E-state index contributed by atoms with van der Waals surface area (Å²) in [6.07, 6.45) is 0. The van der Waals surface area contributed by atoms with Gasteiger partial charge >= 0.3 is 0 Å². The van der Waals surface area contributed by atoms with Crippen LogP contribution in [-0.4, -0.2) is 25.5 Å². The number of amides is 1. The lowest BCUT2D eigenvalue weighted by atomic mass is 9.92. The maximum Gasteiger partial charge on any atom is 0.277 e. The summed E-state index contributed by atoms with van der Waals surface area (Å²) >= 11 is 0. The Hall–Kier alpha value is -4.14. The lowest BCUT2D eigenvalue weighted by Gasteiger charge is -2.14. The van der Waals surface area contributed by atoms with E-state index in [1.54, 1.807) is 18.2 Å². The third kappa shape index (κ3) is 4.72. The highest BCUT2D eigenvalue weighted by Gasteiger charge is 2.22. The van der Waals surface area contributed by atoms with Gasteiger partial charge in [0.1, 0.15) is 23.1 Å². The van der Waals surface area contributed by atoms with E-state index in [0.29, 0.717) is 22.9 Å². The summed E-state index contributed by atoms with van der Waals surface area (Å²) < 4.78 is 29.2. The van der Waals surface area contributed by atoms with Gasteiger partial charge in [0, 0.05) is 17.5 Å². The van der Waals surface area contributed by atoms with Gasteiger partial charge in [-0.3, -0.25) is 9.59 Å². The number of carbonyl (C=O) groups is 1. The number of carbonyl (C=O) groups excluding carboxylic acids is 1. The van der Waals surface area contributed by atoms with Gasteiger partial charge in [0.2, 0.25) is 0 Å². The van der Waals surface area contributed by atoms with Crippen LogP contribution in [0.5, 0.6) is 0 Å². The molecule has 0 unspecified atom stereocenters. The number of nitrogens with one attached hydrogen (secondary N) is 1. The molecule has 1 amide bonds. The molecule has 168 valence electrons. The second-order valence-corrected chi connectivity index (χ2v) is 8.45. The fraction of sp³-hybridized carbons (Fsp3) is 0.167. The Kier molecular flexibility index (Phi) is 5.63. The van der Waals surface area contributed by atoms with Crippen molar-refractivity contribution in [3.63, 3.8) is 0 Å². The van der Waals surface area contributed by atoms with Crippen LogP contribution in [0.1, 0.15) is 37.0 Å². The van der Waals surface area contributed by atoms with Gasteiger partial charge in [-0.05, 0) is 54.6 Å². The van der Waals surface area contributed by atoms with Gasteiger partial charge in [0.25, 0.3) is 11.5 Å². The van der Waals surface area contributed by atoms with Crippen LogP contribution in [0.4, 0.5) is 14.6 Å². The predicted molar refractivity (Wildman–Crippen MR) is 120 cm³/mol. The Labute approximate surface area is 188 Å². The molecule has 0 saturated heterocycles. The average Bonchev–Trinajstić information content (AvgIpc) is 3.19. The van der Waals surface area contributed by atoms with Crippen LogP contribution in [0.15, 0.2) is 71.5 Å². The van der Waals surface area contributed by atoms with Crippen molar-refractivity contribution in [2.24, 2.45) is 0 Å². The van der Waals surface area contributed by atoms with Gasteiger partial charge in [-0.25, -0.2) is 13.5 Å². The van der Waals surface area contributed by atoms with E-state index in [9.17, 15) is 18.4 Å². The lowest BCUT2D eigenvalue weighted by Crippen LogP contribution is -2.25. The second-order valence-electron chi connectivity index (χ2n) is 8.45. The van der Waals surface area contributed by atoms with Crippen molar-refractivity contribution in [1.82, 2.24) is 19.6 Å². The Morgan fingerprint density at radius 2 is 1.36 bits per heavy atom. The van der Waals surface area contributed by atoms with E-state index < -0.39 is 17.3 Å². The first-order chi connectivity index (χ1) is 15.6. The predicted octanol–water partition coefficient (Wildman–Crippen LogP) is 4.25. The van der Waals surface area contributed by atoms with Crippen molar-refractivity contribution < 1.29 is 13.6 Å². The van der Waals surface area contributed by atoms with Crippen molar-refractivity contribution >= 4 is 11.7 Å². The van der Waals surface area contributed by atoms with Crippen LogP contribution in [0.3, 0.4) is 0 Å². The van der Waals surface area contributed by atoms with Gasteiger partial charge in [-0.1, -0.05) is 20.8 Å². The van der Waals surface area contributed by atoms with Crippen LogP contribution >= 0.6 is 0 Å². The highest BCUT2D eigenvalue weighted by Crippen LogP contribution is 2.26. The summed E-state index contributed by atoms with van der Waals surface area (Å²) in [6, 6.07) is 15.2. The monoisotopic (exact) mass is 449 g/mol. The molecular weight excluding hydrogens is 428 g/mol. The van der Waals surface area contributed by atoms with Crippen LogP contribution in [0.2, 0.25) is 0 Å². The number of hydrogen-bond acceptors (Lipinski definition) is 4. The largest absolute Gasteiger partial charge is 0.305 e. The Morgan fingerprint density at radius 1 is 0.818 bits per heavy atom. The minimum absolute atomic E-state index is 0.0249. The van der Waals surface area contributed by atoms with Gasteiger partial charge < -0.3 is 5.32 Å². The molecular formula is C24H21F2N5O2. The number of halogens is 2. The highest BCUT2D eigenvalue weighted by atomic mass is 19.1. The summed E-state index contributed by atoms with van der Waals surface area (Å²) in [4.78, 5) is 25.3. The number of rotatable bonds is 4. The molecule has 2 heterocycles. The molecule has 2 aromatic heterocycles. The Balaban J connectivity index is 1.71. The van der Waals surface area contributed by atoms with Crippen LogP contribution in [0.25, 0.3) is 11.4 Å². The zero-order valence-corrected chi connectivity index (χ0v) is 18.2. The molecule has 4 aromatic rings. The second kappa shape index (κ2) is 8.42. The normalized spacial score (nSPS) is 11.4. The van der Waals surface area contributed by atoms with E-state index in [2.05, 4.69) is 15.5 Å². The van der Waals surface area contributed by atoms with Crippen molar-refractivity contribution in [2.45, 2.75) is 26.2 Å². The van der Waals surface area contributed by atoms with Gasteiger partial charge in [-0.2, -0.15) is 14.9 Å². The van der Waals surface area contributed by atoms with E-state index in [-0.39, 0.29) is 16.9 Å². The molecule has 33 heavy (non-hydrogen) atoms. The fourth-order valence-electron chi connectivity index (χ4n) is 3.10. The molecule has 7 nitrogen and oxygen atoms in total. The van der Waals surface area contributed by atoms with Crippen molar-refractivity contribution in [3.8, 4) is 11.4 Å². The summed E-state index contributed by atoms with van der Waals surface area (Å²) in [5, 5.41) is 11.5. The zero-order chi connectivity index (χ0) is 23.8. The Bertz CT molecular complexity index is 1370. The van der Waals surface area contributed by atoms with Crippen LogP contribution in [-0.2, 0) is 5.41 Å². The SMILES string of the molecule is CC(C)(C)c1cc(NC(=O)c2ccc(=O)n(-c3ccc(F)cc3)n2)n(-c2ccc(F)cc2)n1. The smallest absolute Gasteiger partial charge is 0.277 e. The first kappa shape index (κ1) is 22.1. The van der Waals surface area contributed by atoms with Crippen molar-refractivity contribution in [3.05, 3.63) is 100 Å². The molecule has 0 spiro atoms. The fourth-order valence-corrected chi connectivity index (χ4v) is 3.10. The molecule has 0 radical (unpaired) electrons. The highest BCUT2D eigenvalue weighted by molar-refractivity contribution is 6.02. The molecule has 0 bridgehead atoms. The molecule has 0 fully saturated rings. The first-order valence-electron chi connectivity index (χ1n) is 10.2. The number of aromatic nitrogens is 4. The van der Waals surface area contributed by atoms with E-state index in [1.807, 2.05) is 20.8 Å². The zero-order valence-electron chi connectivity index (χ0n) is 18.2. The number of hydrogen-bond donors (Lipinski definition) is 1. The molecule has 0 atom stereocenters. The van der Waals surface area contributed by atoms with E-state index >= 15 is 0 Å². The molecule has 0 aliphatic heterocycles. The third-order valence-electron chi connectivity index (χ3n) is 4.89. The standard InChI is InChI=1S/C24H21F2N5O2/c1-24(2,3)20-14-21(30(29-20)17-8-4-15(25)5-9-17)27-23(33)19-12-13-22(32)31(28-19)18-10-6-16(26)7-11-18/h4-14H,1-3H3,(H,27,33). The molecule has 0 aliphatic rings. The molecule has 1 N–H and O–H groups in total. The van der Waals surface area contributed by atoms with Gasteiger partial charge in [-0.15, -0.1) is 0 Å². The number of anilines is 1. The molecule has 2 aromatic carbocycles.